The number of rotatable bonds is 4. The lowest BCUT2D eigenvalue weighted by Crippen LogP contribution is -2.42. The van der Waals surface area contributed by atoms with Crippen molar-refractivity contribution in [1.82, 2.24) is 10.2 Å². The monoisotopic (exact) mass is 210 g/mol. The molecule has 1 heterocycles. The molecule has 1 aliphatic heterocycles. The Morgan fingerprint density at radius 1 is 1.60 bits per heavy atom. The van der Waals surface area contributed by atoms with Crippen LogP contribution in [0.3, 0.4) is 0 Å². The predicted molar refractivity (Wildman–Crippen MR) is 54.5 cm³/mol. The molecule has 0 aliphatic carbocycles. The average molecular weight is 210 g/mol. The van der Waals surface area contributed by atoms with E-state index in [4.69, 9.17) is 11.5 Å². The van der Waals surface area contributed by atoms with Crippen LogP contribution < -0.4 is 5.32 Å². The van der Waals surface area contributed by atoms with E-state index >= 15 is 0 Å². The molecular formula is C10H14N2O3. The Kier molecular flexibility index (Phi) is 4.13. The Morgan fingerprint density at radius 3 is 2.80 bits per heavy atom. The van der Waals surface area contributed by atoms with Crippen LogP contribution in [0.5, 0.6) is 0 Å². The van der Waals surface area contributed by atoms with E-state index in [9.17, 15) is 9.59 Å². The smallest absolute Gasteiger partial charge is 0.408 e. The molecule has 1 rings (SSSR count). The van der Waals surface area contributed by atoms with Crippen molar-refractivity contribution in [2.45, 2.75) is 18.9 Å². The predicted octanol–water partition coefficient (Wildman–Crippen LogP) is -0.0793. The molecule has 1 fully saturated rings. The molecule has 5 heteroatoms. The third kappa shape index (κ3) is 3.26. The fourth-order valence-electron chi connectivity index (χ4n) is 1.56. The van der Waals surface area contributed by atoms with Crippen molar-refractivity contribution < 1.29 is 14.7 Å². The molecule has 0 aromatic rings. The molecule has 0 saturated carbocycles. The summed E-state index contributed by atoms with van der Waals surface area (Å²) in [5.74, 6) is 2.11. The summed E-state index contributed by atoms with van der Waals surface area (Å²) in [6.45, 7) is 0.642. The molecule has 15 heavy (non-hydrogen) atoms. The standard InChI is InChI=1S/C10H14N2O3/c1-2-6-12(10(14)15)7-9(13)8-4-3-5-11-8/h1,8,11H,3-7H2,(H,14,15)/t8-/m0/s1. The van der Waals surface area contributed by atoms with Crippen molar-refractivity contribution in [3.8, 4) is 12.3 Å². The van der Waals surface area contributed by atoms with Crippen LogP contribution in [0.25, 0.3) is 0 Å². The number of hydrogen-bond acceptors (Lipinski definition) is 3. The summed E-state index contributed by atoms with van der Waals surface area (Å²) < 4.78 is 0. The van der Waals surface area contributed by atoms with Crippen molar-refractivity contribution in [2.24, 2.45) is 0 Å². The van der Waals surface area contributed by atoms with E-state index in [0.717, 1.165) is 24.3 Å². The topological polar surface area (TPSA) is 69.6 Å². The number of carbonyl (C=O) groups excluding carboxylic acids is 1. The highest BCUT2D eigenvalue weighted by atomic mass is 16.4. The van der Waals surface area contributed by atoms with Crippen LogP contribution in [-0.4, -0.2) is 47.6 Å². The van der Waals surface area contributed by atoms with Crippen molar-refractivity contribution >= 4 is 11.9 Å². The fourth-order valence-corrected chi connectivity index (χ4v) is 1.56. The van der Waals surface area contributed by atoms with Crippen molar-refractivity contribution in [1.29, 1.82) is 0 Å². The van der Waals surface area contributed by atoms with Gasteiger partial charge >= 0.3 is 6.09 Å². The van der Waals surface area contributed by atoms with E-state index in [1.165, 1.54) is 0 Å². The number of nitrogens with one attached hydrogen (secondary N) is 1. The Bertz CT molecular complexity index is 290. The highest BCUT2D eigenvalue weighted by Gasteiger charge is 2.25. The van der Waals surface area contributed by atoms with Crippen molar-refractivity contribution in [3.05, 3.63) is 0 Å². The SMILES string of the molecule is C#CCN(CC(=O)[C@@H]1CCCN1)C(=O)O. The minimum atomic E-state index is -1.15. The highest BCUT2D eigenvalue weighted by molar-refractivity contribution is 5.88. The van der Waals surface area contributed by atoms with E-state index in [1.54, 1.807) is 0 Å². The zero-order valence-corrected chi connectivity index (χ0v) is 8.40. The lowest BCUT2D eigenvalue weighted by Gasteiger charge is -2.17. The van der Waals surface area contributed by atoms with Crippen LogP contribution in [0.2, 0.25) is 0 Å². The van der Waals surface area contributed by atoms with Gasteiger partial charge in [-0.2, -0.15) is 0 Å². The molecule has 0 bridgehead atoms. The summed E-state index contributed by atoms with van der Waals surface area (Å²) in [4.78, 5) is 23.2. The van der Waals surface area contributed by atoms with E-state index < -0.39 is 6.09 Å². The van der Waals surface area contributed by atoms with Gasteiger partial charge in [-0.1, -0.05) is 5.92 Å². The van der Waals surface area contributed by atoms with Crippen LogP contribution in [-0.2, 0) is 4.79 Å². The first kappa shape index (κ1) is 11.5. The van der Waals surface area contributed by atoms with Gasteiger partial charge < -0.3 is 10.4 Å². The number of amides is 1. The summed E-state index contributed by atoms with van der Waals surface area (Å²) in [5, 5.41) is 11.8. The number of ketones is 1. The second kappa shape index (κ2) is 5.37. The number of nitrogens with zero attached hydrogens (tertiary/aromatic N) is 1. The second-order valence-corrected chi connectivity index (χ2v) is 3.46. The molecule has 1 saturated heterocycles. The lowest BCUT2D eigenvalue weighted by molar-refractivity contribution is -0.121. The average Bonchev–Trinajstić information content (AvgIpc) is 2.69. The van der Waals surface area contributed by atoms with Crippen LogP contribution in [0.1, 0.15) is 12.8 Å². The zero-order chi connectivity index (χ0) is 11.3. The van der Waals surface area contributed by atoms with Gasteiger partial charge in [-0.15, -0.1) is 6.42 Å². The summed E-state index contributed by atoms with van der Waals surface area (Å²) in [7, 11) is 0. The fraction of sp³-hybridized carbons (Fsp3) is 0.600. The summed E-state index contributed by atoms with van der Waals surface area (Å²) in [5.41, 5.74) is 0. The highest BCUT2D eigenvalue weighted by Crippen LogP contribution is 2.06. The van der Waals surface area contributed by atoms with E-state index in [2.05, 4.69) is 11.2 Å². The first-order valence-electron chi connectivity index (χ1n) is 4.82. The maximum atomic E-state index is 11.6. The first-order chi connectivity index (χ1) is 7.15. The normalized spacial score (nSPS) is 19.5. The molecule has 1 atom stereocenters. The van der Waals surface area contributed by atoms with Gasteiger partial charge in [-0.25, -0.2) is 4.79 Å². The van der Waals surface area contributed by atoms with Crippen LogP contribution in [0.15, 0.2) is 0 Å². The van der Waals surface area contributed by atoms with Gasteiger partial charge in [0, 0.05) is 0 Å². The minimum Gasteiger partial charge on any atom is -0.465 e. The Hall–Kier alpha value is -1.54. The molecule has 5 nitrogen and oxygen atoms in total. The third-order valence-corrected chi connectivity index (χ3v) is 2.35. The first-order valence-corrected chi connectivity index (χ1v) is 4.82. The lowest BCUT2D eigenvalue weighted by atomic mass is 10.1. The summed E-state index contributed by atoms with van der Waals surface area (Å²) >= 11 is 0. The van der Waals surface area contributed by atoms with Crippen molar-refractivity contribution in [2.75, 3.05) is 19.6 Å². The van der Waals surface area contributed by atoms with Gasteiger partial charge in [0.15, 0.2) is 5.78 Å². The number of Topliss-reactive ketones (excluding diaryl/α,β-unsaturated/α-hetero) is 1. The molecule has 0 aromatic carbocycles. The van der Waals surface area contributed by atoms with Crippen molar-refractivity contribution in [3.63, 3.8) is 0 Å². The number of hydrogen-bond donors (Lipinski definition) is 2. The molecular weight excluding hydrogens is 196 g/mol. The van der Waals surface area contributed by atoms with Crippen LogP contribution >= 0.6 is 0 Å². The Balaban J connectivity index is 2.46. The quantitative estimate of drug-likeness (QED) is 0.637. The number of carbonyl (C=O) groups is 2. The summed E-state index contributed by atoms with van der Waals surface area (Å²) in [6.07, 6.45) is 5.60. The van der Waals surface area contributed by atoms with Gasteiger partial charge in [-0.05, 0) is 19.4 Å². The molecule has 1 amide bonds. The zero-order valence-electron chi connectivity index (χ0n) is 8.40. The van der Waals surface area contributed by atoms with Gasteiger partial charge in [0.05, 0.1) is 19.1 Å². The molecule has 0 aromatic heterocycles. The molecule has 0 spiro atoms. The maximum Gasteiger partial charge on any atom is 0.408 e. The molecule has 1 aliphatic rings. The maximum absolute atomic E-state index is 11.6. The van der Waals surface area contributed by atoms with Gasteiger partial charge in [-0.3, -0.25) is 9.69 Å². The minimum absolute atomic E-state index is 0.0478. The van der Waals surface area contributed by atoms with Crippen LogP contribution in [0.4, 0.5) is 4.79 Å². The Morgan fingerprint density at radius 2 is 2.33 bits per heavy atom. The second-order valence-electron chi connectivity index (χ2n) is 3.46. The van der Waals surface area contributed by atoms with Gasteiger partial charge in [0.25, 0.3) is 0 Å². The van der Waals surface area contributed by atoms with E-state index in [1.807, 2.05) is 0 Å². The molecule has 0 radical (unpaired) electrons. The largest absolute Gasteiger partial charge is 0.465 e. The van der Waals surface area contributed by atoms with Crippen LogP contribution in [0, 0.1) is 12.3 Å². The Labute approximate surface area is 88.4 Å². The molecule has 82 valence electrons. The molecule has 0 unspecified atom stereocenters. The number of carboxylic acid groups (broad SMARTS) is 1. The van der Waals surface area contributed by atoms with E-state index in [0.29, 0.717) is 0 Å². The molecule has 2 N–H and O–H groups in total. The van der Waals surface area contributed by atoms with Gasteiger partial charge in [0.2, 0.25) is 0 Å². The summed E-state index contributed by atoms with van der Waals surface area (Å²) in [6, 6.07) is -0.204. The van der Waals surface area contributed by atoms with Gasteiger partial charge in [0.1, 0.15) is 0 Å². The van der Waals surface area contributed by atoms with E-state index in [-0.39, 0.29) is 24.9 Å². The number of terminal acetylenes is 1. The third-order valence-electron chi connectivity index (χ3n) is 2.35.